The van der Waals surface area contributed by atoms with Crippen molar-refractivity contribution in [3.05, 3.63) is 57.2 Å². The summed E-state index contributed by atoms with van der Waals surface area (Å²) in [7, 11) is 0. The van der Waals surface area contributed by atoms with Gasteiger partial charge in [-0.15, -0.1) is 0 Å². The zero-order valence-corrected chi connectivity index (χ0v) is 16.0. The maximum atomic E-state index is 13.4. The summed E-state index contributed by atoms with van der Waals surface area (Å²) >= 11 is 6.13. The minimum Gasteiger partial charge on any atom is -0.335 e. The van der Waals surface area contributed by atoms with Crippen LogP contribution in [0.2, 0.25) is 5.02 Å². The van der Waals surface area contributed by atoms with Crippen molar-refractivity contribution in [3.8, 4) is 0 Å². The third-order valence-corrected chi connectivity index (χ3v) is 5.90. The molecule has 0 bridgehead atoms. The van der Waals surface area contributed by atoms with Crippen molar-refractivity contribution < 1.29 is 4.79 Å². The molecule has 142 valence electrons. The predicted octanol–water partition coefficient (Wildman–Crippen LogP) is 3.47. The number of halogens is 1. The van der Waals surface area contributed by atoms with Crippen LogP contribution in [-0.2, 0) is 5.66 Å². The molecule has 28 heavy (non-hydrogen) atoms. The molecule has 1 fully saturated rings. The Morgan fingerprint density at radius 2 is 1.96 bits per heavy atom. The van der Waals surface area contributed by atoms with Gasteiger partial charge in [-0.05, 0) is 62.4 Å². The molecule has 3 aromatic rings. The van der Waals surface area contributed by atoms with Crippen molar-refractivity contribution in [2.24, 2.45) is 0 Å². The Hall–Kier alpha value is -2.93. The molecule has 1 aliphatic carbocycles. The van der Waals surface area contributed by atoms with E-state index >= 15 is 0 Å². The fourth-order valence-electron chi connectivity index (χ4n) is 4.41. The average molecular weight is 396 g/mol. The first-order chi connectivity index (χ1) is 13.5. The Morgan fingerprint density at radius 1 is 1.18 bits per heavy atom. The number of hydrogen-bond acceptors (Lipinski definition) is 5. The molecule has 1 spiro atoms. The summed E-state index contributed by atoms with van der Waals surface area (Å²) < 4.78 is 1.65. The fourth-order valence-corrected chi connectivity index (χ4v) is 4.59. The zero-order valence-electron chi connectivity index (χ0n) is 15.3. The third kappa shape index (κ3) is 2.43. The normalized spacial score (nSPS) is 17.1. The molecular weight excluding hydrogens is 378 g/mol. The first-order valence-electron chi connectivity index (χ1n) is 9.25. The number of nitrogens with zero attached hydrogens (tertiary/aromatic N) is 3. The van der Waals surface area contributed by atoms with Crippen molar-refractivity contribution in [3.63, 3.8) is 0 Å². The molecule has 5 rings (SSSR count). The van der Waals surface area contributed by atoms with Crippen LogP contribution in [-0.4, -0.2) is 20.4 Å². The number of carbonyl (C=O) groups is 1. The number of benzene rings is 1. The van der Waals surface area contributed by atoms with E-state index < -0.39 is 5.66 Å². The topological polar surface area (TPSA) is 88.9 Å². The highest BCUT2D eigenvalue weighted by atomic mass is 35.5. The second-order valence-electron chi connectivity index (χ2n) is 7.43. The van der Waals surface area contributed by atoms with Crippen molar-refractivity contribution in [1.29, 1.82) is 0 Å². The molecule has 1 amide bonds. The number of fused-ring (bicyclic) bond motifs is 3. The maximum absolute atomic E-state index is 13.4. The minimum absolute atomic E-state index is 0.178. The van der Waals surface area contributed by atoms with E-state index in [2.05, 4.69) is 20.6 Å². The Balaban J connectivity index is 1.68. The van der Waals surface area contributed by atoms with Gasteiger partial charge >= 0.3 is 0 Å². The summed E-state index contributed by atoms with van der Waals surface area (Å²) in [5, 5.41) is 7.50. The quantitative estimate of drug-likeness (QED) is 0.693. The van der Waals surface area contributed by atoms with E-state index in [1.807, 2.05) is 6.92 Å². The highest BCUT2D eigenvalue weighted by molar-refractivity contribution is 6.31. The van der Waals surface area contributed by atoms with E-state index in [1.54, 1.807) is 28.8 Å². The van der Waals surface area contributed by atoms with Gasteiger partial charge in [0.1, 0.15) is 29.2 Å². The molecule has 7 nitrogen and oxygen atoms in total. The average Bonchev–Trinajstić information content (AvgIpc) is 3.24. The monoisotopic (exact) mass is 395 g/mol. The Morgan fingerprint density at radius 3 is 2.75 bits per heavy atom. The molecule has 1 saturated carbocycles. The van der Waals surface area contributed by atoms with Crippen molar-refractivity contribution in [2.75, 3.05) is 5.32 Å². The molecule has 0 atom stereocenters. The third-order valence-electron chi connectivity index (χ3n) is 5.66. The number of aromatic nitrogens is 3. The molecular formula is C20H18ClN5O2. The van der Waals surface area contributed by atoms with E-state index in [9.17, 15) is 9.59 Å². The van der Waals surface area contributed by atoms with Gasteiger partial charge in [-0.25, -0.2) is 9.97 Å². The van der Waals surface area contributed by atoms with Crippen LogP contribution >= 0.6 is 11.6 Å². The Labute approximate surface area is 165 Å². The highest BCUT2D eigenvalue weighted by Crippen LogP contribution is 2.39. The summed E-state index contributed by atoms with van der Waals surface area (Å²) in [5.41, 5.74) is 1.47. The van der Waals surface area contributed by atoms with E-state index in [1.165, 1.54) is 6.33 Å². The number of pyridine rings is 1. The number of nitrogens with one attached hydrogen (secondary N) is 2. The number of anilines is 2. The minimum atomic E-state index is -0.608. The zero-order chi connectivity index (χ0) is 19.5. The lowest BCUT2D eigenvalue weighted by atomic mass is 10.1. The van der Waals surface area contributed by atoms with E-state index in [0.29, 0.717) is 22.2 Å². The summed E-state index contributed by atoms with van der Waals surface area (Å²) in [6.45, 7) is 1.85. The highest BCUT2D eigenvalue weighted by Gasteiger charge is 2.46. The molecule has 2 N–H and O–H groups in total. The molecule has 0 saturated heterocycles. The molecule has 0 radical (unpaired) electrons. The molecule has 0 unspecified atom stereocenters. The largest absolute Gasteiger partial charge is 0.335 e. The second kappa shape index (κ2) is 6.04. The molecule has 2 aromatic heterocycles. The molecule has 2 aliphatic rings. The number of amides is 1. The van der Waals surface area contributed by atoms with Gasteiger partial charge in [-0.1, -0.05) is 11.6 Å². The van der Waals surface area contributed by atoms with E-state index in [-0.39, 0.29) is 11.5 Å². The molecule has 1 aliphatic heterocycles. The van der Waals surface area contributed by atoms with Gasteiger partial charge in [-0.3, -0.25) is 14.2 Å². The summed E-state index contributed by atoms with van der Waals surface area (Å²) in [6, 6.07) is 7.04. The number of carbonyl (C=O) groups excluding carboxylic acids is 1. The predicted molar refractivity (Wildman–Crippen MR) is 107 cm³/mol. The van der Waals surface area contributed by atoms with Crippen LogP contribution < -0.4 is 16.2 Å². The van der Waals surface area contributed by atoms with Gasteiger partial charge < -0.3 is 10.6 Å². The van der Waals surface area contributed by atoms with Gasteiger partial charge in [0, 0.05) is 10.4 Å². The second-order valence-corrected chi connectivity index (χ2v) is 7.87. The lowest BCUT2D eigenvalue weighted by molar-refractivity contribution is 0.0920. The standard InChI is InChI=1S/C20H18ClN5O2/c1-11-8-15(24-17-13-9-12(21)4-5-14(13)22-10-23-17)19(28)26-16(11)18(27)25-20(26)6-2-3-7-20/h4-5,8-10H,2-3,6-7H2,1H3,(H,25,27)(H,22,23,24). The van der Waals surface area contributed by atoms with Crippen LogP contribution in [0.5, 0.6) is 0 Å². The fraction of sp³-hybridized carbons (Fsp3) is 0.300. The lowest BCUT2D eigenvalue weighted by Crippen LogP contribution is -2.45. The SMILES string of the molecule is Cc1cc(Nc2ncnc3ccc(Cl)cc23)c(=O)n2c1C(=O)NC21CCCC1. The number of rotatable bonds is 2. The molecule has 1 aromatic carbocycles. The van der Waals surface area contributed by atoms with Gasteiger partial charge in [0.2, 0.25) is 0 Å². The first-order valence-corrected chi connectivity index (χ1v) is 9.63. The van der Waals surface area contributed by atoms with Gasteiger partial charge in [0.05, 0.1) is 5.52 Å². The molecule has 8 heteroatoms. The summed E-state index contributed by atoms with van der Waals surface area (Å²) in [6.07, 6.45) is 4.94. The van der Waals surface area contributed by atoms with Crippen LogP contribution in [0.15, 0.2) is 35.4 Å². The van der Waals surface area contributed by atoms with Gasteiger partial charge in [0.15, 0.2) is 0 Å². The van der Waals surface area contributed by atoms with Gasteiger partial charge in [0.25, 0.3) is 11.5 Å². The Kier molecular flexibility index (Phi) is 3.71. The first kappa shape index (κ1) is 17.2. The number of aryl methyl sites for hydroxylation is 1. The Bertz CT molecular complexity index is 1200. The summed E-state index contributed by atoms with van der Waals surface area (Å²) in [4.78, 5) is 34.5. The van der Waals surface area contributed by atoms with Crippen LogP contribution in [0.4, 0.5) is 11.5 Å². The van der Waals surface area contributed by atoms with Crippen LogP contribution in [0, 0.1) is 6.92 Å². The summed E-state index contributed by atoms with van der Waals surface area (Å²) in [5.74, 6) is 0.324. The van der Waals surface area contributed by atoms with Crippen LogP contribution in [0.25, 0.3) is 10.9 Å². The van der Waals surface area contributed by atoms with Crippen molar-refractivity contribution in [1.82, 2.24) is 19.9 Å². The van der Waals surface area contributed by atoms with Crippen LogP contribution in [0.3, 0.4) is 0 Å². The van der Waals surface area contributed by atoms with Crippen molar-refractivity contribution >= 4 is 39.9 Å². The van der Waals surface area contributed by atoms with E-state index in [0.717, 1.165) is 42.1 Å². The van der Waals surface area contributed by atoms with E-state index in [4.69, 9.17) is 11.6 Å². The number of hydrogen-bond donors (Lipinski definition) is 2. The van der Waals surface area contributed by atoms with Crippen LogP contribution in [0.1, 0.15) is 41.7 Å². The lowest BCUT2D eigenvalue weighted by Gasteiger charge is -2.26. The van der Waals surface area contributed by atoms with Gasteiger partial charge in [-0.2, -0.15) is 0 Å². The maximum Gasteiger partial charge on any atom is 0.276 e. The van der Waals surface area contributed by atoms with Crippen molar-refractivity contribution in [2.45, 2.75) is 38.3 Å². The smallest absolute Gasteiger partial charge is 0.276 e. The molecule has 3 heterocycles.